The summed E-state index contributed by atoms with van der Waals surface area (Å²) in [5, 5.41) is 3.85. The van der Waals surface area contributed by atoms with E-state index in [0.29, 0.717) is 17.0 Å². The van der Waals surface area contributed by atoms with Gasteiger partial charge in [-0.2, -0.15) is 0 Å². The molecule has 2 amide bonds. The van der Waals surface area contributed by atoms with Crippen LogP contribution in [0.5, 0.6) is 0 Å². The number of nitrogens with one attached hydrogen (secondary N) is 2. The quantitative estimate of drug-likeness (QED) is 0.588. The van der Waals surface area contributed by atoms with Gasteiger partial charge in [-0.3, -0.25) is 9.59 Å². The average molecular weight is 361 g/mol. The van der Waals surface area contributed by atoms with E-state index in [1.165, 1.54) is 0 Å². The number of carbonyl (C=O) groups excluding carboxylic acids is 2. The number of amides is 2. The van der Waals surface area contributed by atoms with Crippen molar-refractivity contribution in [2.75, 3.05) is 5.32 Å². The van der Waals surface area contributed by atoms with Crippen molar-refractivity contribution < 1.29 is 9.59 Å². The molecule has 5 nitrogen and oxygen atoms in total. The van der Waals surface area contributed by atoms with Gasteiger partial charge in [-0.1, -0.05) is 38.1 Å². The highest BCUT2D eigenvalue weighted by atomic mass is 16.1. The number of aromatic amines is 1. The van der Waals surface area contributed by atoms with Crippen molar-refractivity contribution in [1.82, 2.24) is 4.98 Å². The summed E-state index contributed by atoms with van der Waals surface area (Å²) in [5.74, 6) is -0.308. The fourth-order valence-corrected chi connectivity index (χ4v) is 3.11. The van der Waals surface area contributed by atoms with Crippen molar-refractivity contribution in [3.05, 3.63) is 65.9 Å². The number of aromatic nitrogens is 1. The first-order valence-electron chi connectivity index (χ1n) is 8.87. The van der Waals surface area contributed by atoms with Crippen LogP contribution >= 0.6 is 0 Å². The number of anilines is 1. The first-order valence-corrected chi connectivity index (χ1v) is 8.87. The lowest BCUT2D eigenvalue weighted by Gasteiger charge is -2.13. The molecule has 0 fully saturated rings. The maximum atomic E-state index is 12.2. The van der Waals surface area contributed by atoms with E-state index in [2.05, 4.69) is 10.3 Å². The first-order chi connectivity index (χ1) is 12.9. The molecule has 0 aliphatic heterocycles. The maximum absolute atomic E-state index is 12.2. The van der Waals surface area contributed by atoms with Crippen LogP contribution in [0.3, 0.4) is 0 Å². The van der Waals surface area contributed by atoms with Crippen molar-refractivity contribution in [1.29, 1.82) is 0 Å². The van der Waals surface area contributed by atoms with Crippen molar-refractivity contribution in [3.8, 4) is 11.1 Å². The second-order valence-electron chi connectivity index (χ2n) is 6.86. The number of primary amides is 1. The highest BCUT2D eigenvalue weighted by molar-refractivity contribution is 6.09. The minimum absolute atomic E-state index is 0.153. The molecular weight excluding hydrogens is 338 g/mol. The van der Waals surface area contributed by atoms with Crippen LogP contribution in [0.25, 0.3) is 22.0 Å². The molecule has 138 valence electrons. The fourth-order valence-electron chi connectivity index (χ4n) is 3.11. The molecule has 3 aromatic rings. The van der Waals surface area contributed by atoms with Crippen molar-refractivity contribution >= 4 is 28.4 Å². The largest absolute Gasteiger partial charge is 0.366 e. The van der Waals surface area contributed by atoms with Crippen LogP contribution in [0.15, 0.2) is 54.7 Å². The van der Waals surface area contributed by atoms with E-state index in [-0.39, 0.29) is 5.91 Å². The lowest BCUT2D eigenvalue weighted by Crippen LogP contribution is -2.11. The number of carbonyl (C=O) groups is 2. The highest BCUT2D eigenvalue weighted by Crippen LogP contribution is 2.34. The van der Waals surface area contributed by atoms with Gasteiger partial charge in [0.05, 0.1) is 11.1 Å². The van der Waals surface area contributed by atoms with Gasteiger partial charge in [0.15, 0.2) is 0 Å². The number of fused-ring (bicyclic) bond motifs is 1. The Hall–Kier alpha value is -3.34. The topological polar surface area (TPSA) is 88.0 Å². The van der Waals surface area contributed by atoms with Gasteiger partial charge in [0.25, 0.3) is 5.91 Å². The van der Waals surface area contributed by atoms with Crippen LogP contribution in [0.2, 0.25) is 0 Å². The van der Waals surface area contributed by atoms with Gasteiger partial charge in [-0.25, -0.2) is 0 Å². The number of H-pyrrole nitrogens is 1. The summed E-state index contributed by atoms with van der Waals surface area (Å²) in [6.07, 6.45) is 5.21. The Bertz CT molecular complexity index is 1040. The van der Waals surface area contributed by atoms with Crippen LogP contribution in [-0.4, -0.2) is 16.8 Å². The molecule has 0 aliphatic rings. The van der Waals surface area contributed by atoms with Crippen molar-refractivity contribution in [2.45, 2.75) is 20.8 Å². The Morgan fingerprint density at radius 2 is 1.89 bits per heavy atom. The van der Waals surface area contributed by atoms with Gasteiger partial charge in [0.1, 0.15) is 0 Å². The van der Waals surface area contributed by atoms with Crippen LogP contribution in [0.4, 0.5) is 5.69 Å². The second-order valence-corrected chi connectivity index (χ2v) is 6.86. The summed E-state index contributed by atoms with van der Waals surface area (Å²) in [6.45, 7) is 6.01. The number of benzene rings is 2. The SMILES string of the molecule is Cc1c(NC(=O)C=CC(C)C)cccc1-c1ccc(C(N)=O)c2[nH]ccc12. The molecule has 1 aromatic heterocycles. The molecule has 0 aliphatic carbocycles. The van der Waals surface area contributed by atoms with Gasteiger partial charge in [0.2, 0.25) is 5.91 Å². The van der Waals surface area contributed by atoms with E-state index in [1.807, 2.05) is 57.2 Å². The third kappa shape index (κ3) is 3.77. The molecular formula is C22H23N3O2. The van der Waals surface area contributed by atoms with Gasteiger partial charge in [-0.05, 0) is 53.8 Å². The minimum Gasteiger partial charge on any atom is -0.366 e. The number of allylic oxidation sites excluding steroid dienone is 1. The molecule has 2 aromatic carbocycles. The Labute approximate surface area is 158 Å². The van der Waals surface area contributed by atoms with Crippen LogP contribution < -0.4 is 11.1 Å². The van der Waals surface area contributed by atoms with Gasteiger partial charge in [0, 0.05) is 17.3 Å². The van der Waals surface area contributed by atoms with E-state index in [4.69, 9.17) is 5.73 Å². The van der Waals surface area contributed by atoms with E-state index in [1.54, 1.807) is 18.3 Å². The highest BCUT2D eigenvalue weighted by Gasteiger charge is 2.15. The van der Waals surface area contributed by atoms with Crippen molar-refractivity contribution in [2.24, 2.45) is 11.7 Å². The average Bonchev–Trinajstić information content (AvgIpc) is 3.10. The molecule has 0 saturated carbocycles. The normalized spacial score (nSPS) is 11.4. The Kier molecular flexibility index (Phi) is 5.12. The third-order valence-corrected chi connectivity index (χ3v) is 4.50. The Morgan fingerprint density at radius 3 is 2.59 bits per heavy atom. The number of rotatable bonds is 5. The summed E-state index contributed by atoms with van der Waals surface area (Å²) < 4.78 is 0. The number of nitrogens with two attached hydrogens (primary N) is 1. The fraction of sp³-hybridized carbons (Fsp3) is 0.182. The predicted molar refractivity (Wildman–Crippen MR) is 110 cm³/mol. The summed E-state index contributed by atoms with van der Waals surface area (Å²) in [4.78, 5) is 26.9. The molecule has 1 heterocycles. The van der Waals surface area contributed by atoms with E-state index >= 15 is 0 Å². The lowest BCUT2D eigenvalue weighted by atomic mass is 9.94. The predicted octanol–water partition coefficient (Wildman–Crippen LogP) is 4.39. The molecule has 5 heteroatoms. The third-order valence-electron chi connectivity index (χ3n) is 4.50. The van der Waals surface area contributed by atoms with Crippen LogP contribution in [0, 0.1) is 12.8 Å². The molecule has 0 atom stereocenters. The molecule has 27 heavy (non-hydrogen) atoms. The molecule has 0 radical (unpaired) electrons. The van der Waals surface area contributed by atoms with Gasteiger partial charge >= 0.3 is 0 Å². The number of hydrogen-bond acceptors (Lipinski definition) is 2. The second kappa shape index (κ2) is 7.50. The zero-order valence-electron chi connectivity index (χ0n) is 15.7. The summed E-state index contributed by atoms with van der Waals surface area (Å²) in [7, 11) is 0. The first kappa shape index (κ1) is 18.5. The van der Waals surface area contributed by atoms with Gasteiger partial charge in [-0.15, -0.1) is 0 Å². The molecule has 0 saturated heterocycles. The van der Waals surface area contributed by atoms with E-state index in [0.717, 1.165) is 27.8 Å². The summed E-state index contributed by atoms with van der Waals surface area (Å²) in [6, 6.07) is 11.3. The van der Waals surface area contributed by atoms with Gasteiger partial charge < -0.3 is 16.0 Å². The molecule has 0 spiro atoms. The standard InChI is InChI=1S/C22H23N3O2/c1-13(2)7-10-20(26)25-19-6-4-5-15(14(19)3)16-8-9-18(22(23)27)21-17(16)11-12-24-21/h4-13,24H,1-3H3,(H2,23,27)(H,25,26). The van der Waals surface area contributed by atoms with Crippen molar-refractivity contribution in [3.63, 3.8) is 0 Å². The molecule has 3 rings (SSSR count). The van der Waals surface area contributed by atoms with Crippen LogP contribution in [-0.2, 0) is 4.79 Å². The Morgan fingerprint density at radius 1 is 1.11 bits per heavy atom. The Balaban J connectivity index is 2.03. The zero-order chi connectivity index (χ0) is 19.6. The summed E-state index contributed by atoms with van der Waals surface area (Å²) >= 11 is 0. The summed E-state index contributed by atoms with van der Waals surface area (Å²) in [5.41, 5.74) is 10.3. The molecule has 0 bridgehead atoms. The number of hydrogen-bond donors (Lipinski definition) is 3. The minimum atomic E-state index is -0.469. The maximum Gasteiger partial charge on any atom is 0.250 e. The molecule has 0 unspecified atom stereocenters. The van der Waals surface area contributed by atoms with E-state index in [9.17, 15) is 9.59 Å². The molecule has 4 N–H and O–H groups in total. The zero-order valence-corrected chi connectivity index (χ0v) is 15.7. The lowest BCUT2D eigenvalue weighted by molar-refractivity contribution is -0.111. The smallest absolute Gasteiger partial charge is 0.250 e. The monoisotopic (exact) mass is 361 g/mol. The van der Waals surface area contributed by atoms with E-state index < -0.39 is 5.91 Å². The van der Waals surface area contributed by atoms with Crippen LogP contribution in [0.1, 0.15) is 29.8 Å².